The van der Waals surface area contributed by atoms with Gasteiger partial charge in [0, 0.05) is 13.1 Å². The molecule has 1 heterocycles. The van der Waals surface area contributed by atoms with Crippen LogP contribution in [-0.4, -0.2) is 50.4 Å². The van der Waals surface area contributed by atoms with Crippen molar-refractivity contribution in [3.8, 4) is 0 Å². The van der Waals surface area contributed by atoms with Gasteiger partial charge in [0.15, 0.2) is 6.29 Å². The van der Waals surface area contributed by atoms with Gasteiger partial charge in [0.1, 0.15) is 9.34 Å². The molecule has 0 aromatic carbocycles. The summed E-state index contributed by atoms with van der Waals surface area (Å²) in [6.07, 6.45) is 1.29. The van der Waals surface area contributed by atoms with E-state index < -0.39 is 17.5 Å². The molecule has 0 aliphatic carbocycles. The molecular formula is C16H29Br2NO4. The molecule has 1 fully saturated rings. The van der Waals surface area contributed by atoms with Gasteiger partial charge in [0.05, 0.1) is 5.60 Å². The number of nitrogens with zero attached hydrogens (tertiary/aromatic N) is 1. The normalized spacial score (nSPS) is 19.1. The van der Waals surface area contributed by atoms with Gasteiger partial charge in [-0.05, 0) is 52.9 Å². The van der Waals surface area contributed by atoms with Gasteiger partial charge in [-0.2, -0.15) is 0 Å². The van der Waals surface area contributed by atoms with Gasteiger partial charge in [-0.3, -0.25) is 0 Å². The molecule has 1 N–H and O–H groups in total. The van der Waals surface area contributed by atoms with Crippen molar-refractivity contribution in [2.75, 3.05) is 13.1 Å². The number of halogens is 2. The Morgan fingerprint density at radius 2 is 1.78 bits per heavy atom. The summed E-state index contributed by atoms with van der Waals surface area (Å²) in [4.78, 5) is 14.0. The van der Waals surface area contributed by atoms with E-state index in [1.807, 2.05) is 34.6 Å². The summed E-state index contributed by atoms with van der Waals surface area (Å²) in [5.41, 5.74) is -0.890. The van der Waals surface area contributed by atoms with Crippen LogP contribution in [0.4, 0.5) is 4.79 Å². The fraction of sp³-hybridized carbons (Fsp3) is 0.938. The van der Waals surface area contributed by atoms with Crippen LogP contribution in [0.15, 0.2) is 0 Å². The van der Waals surface area contributed by atoms with E-state index in [4.69, 9.17) is 9.47 Å². The van der Waals surface area contributed by atoms with Gasteiger partial charge in [0.2, 0.25) is 0 Å². The third kappa shape index (κ3) is 6.52. The Morgan fingerprint density at radius 1 is 1.26 bits per heavy atom. The number of alkyl halides is 2. The minimum Gasteiger partial charge on any atom is -0.443 e. The van der Waals surface area contributed by atoms with Crippen LogP contribution in [0.5, 0.6) is 0 Å². The Morgan fingerprint density at radius 3 is 2.22 bits per heavy atom. The summed E-state index contributed by atoms with van der Waals surface area (Å²) >= 11 is 6.50. The highest BCUT2D eigenvalue weighted by Crippen LogP contribution is 2.33. The fourth-order valence-corrected chi connectivity index (χ4v) is 2.81. The van der Waals surface area contributed by atoms with Crippen molar-refractivity contribution in [2.45, 2.75) is 75.1 Å². The van der Waals surface area contributed by atoms with Crippen LogP contribution in [0.2, 0.25) is 0 Å². The smallest absolute Gasteiger partial charge is 0.410 e. The molecule has 0 aromatic heterocycles. The van der Waals surface area contributed by atoms with Gasteiger partial charge in [-0.15, -0.1) is 0 Å². The zero-order valence-corrected chi connectivity index (χ0v) is 17.8. The molecule has 1 saturated heterocycles. The number of carbonyl (C=O) groups is 1. The Kier molecular flexibility index (Phi) is 7.83. The number of rotatable bonds is 6. The highest BCUT2D eigenvalue weighted by atomic mass is 79.9. The maximum absolute atomic E-state index is 12.2. The van der Waals surface area contributed by atoms with Crippen LogP contribution < -0.4 is 0 Å². The van der Waals surface area contributed by atoms with Gasteiger partial charge < -0.3 is 19.5 Å². The van der Waals surface area contributed by atoms with Crippen molar-refractivity contribution in [2.24, 2.45) is 5.92 Å². The number of ether oxygens (including phenoxy) is 2. The molecular weight excluding hydrogens is 430 g/mol. The minimum atomic E-state index is -0.918. The van der Waals surface area contributed by atoms with Crippen molar-refractivity contribution < 1.29 is 19.4 Å². The molecule has 1 aliphatic rings. The first-order chi connectivity index (χ1) is 10.5. The van der Waals surface area contributed by atoms with E-state index in [9.17, 15) is 9.90 Å². The topological polar surface area (TPSA) is 59.0 Å². The maximum atomic E-state index is 12.2. The lowest BCUT2D eigenvalue weighted by atomic mass is 9.83. The third-order valence-corrected chi connectivity index (χ3v) is 5.50. The summed E-state index contributed by atoms with van der Waals surface area (Å²) in [5, 5.41) is 9.89. The van der Waals surface area contributed by atoms with Crippen molar-refractivity contribution >= 4 is 38.0 Å². The quantitative estimate of drug-likeness (QED) is 0.477. The standard InChI is InChI=1S/C16H29Br2NO4/c1-6-15(2,3)23-14(21)19-9-7-11(8-10-19)16(4,5)22-13(20)12(17)18/h11-13,20H,6-10H2,1-5H3. The zero-order chi connectivity index (χ0) is 17.8. The summed E-state index contributed by atoms with van der Waals surface area (Å²) in [6, 6.07) is 0. The van der Waals surface area contributed by atoms with Crippen LogP contribution in [0.1, 0.15) is 53.9 Å². The second kappa shape index (κ2) is 8.50. The highest BCUT2D eigenvalue weighted by Gasteiger charge is 2.37. The summed E-state index contributed by atoms with van der Waals surface area (Å²) in [6.45, 7) is 11.1. The van der Waals surface area contributed by atoms with Crippen LogP contribution >= 0.6 is 31.9 Å². The van der Waals surface area contributed by atoms with Crippen molar-refractivity contribution in [1.82, 2.24) is 4.90 Å². The SMILES string of the molecule is CCC(C)(C)OC(=O)N1CCC(C(C)(C)OC(O)C(Br)Br)CC1. The average molecular weight is 459 g/mol. The Balaban J connectivity index is 2.53. The first-order valence-corrected chi connectivity index (χ1v) is 9.93. The third-order valence-electron chi connectivity index (χ3n) is 4.59. The zero-order valence-electron chi connectivity index (χ0n) is 14.6. The lowest BCUT2D eigenvalue weighted by Gasteiger charge is -2.41. The summed E-state index contributed by atoms with van der Waals surface area (Å²) in [7, 11) is 0. The number of aliphatic hydroxyl groups is 1. The van der Waals surface area contributed by atoms with Crippen LogP contribution in [0, 0.1) is 5.92 Å². The molecule has 1 rings (SSSR count). The predicted molar refractivity (Wildman–Crippen MR) is 98.0 cm³/mol. The Bertz CT molecular complexity index is 394. The average Bonchev–Trinajstić information content (AvgIpc) is 2.46. The molecule has 0 aromatic rings. The van der Waals surface area contributed by atoms with Crippen LogP contribution in [0.3, 0.4) is 0 Å². The van der Waals surface area contributed by atoms with Gasteiger partial charge in [0.25, 0.3) is 0 Å². The number of hydrogen-bond donors (Lipinski definition) is 1. The largest absolute Gasteiger partial charge is 0.443 e. The van der Waals surface area contributed by atoms with Crippen molar-refractivity contribution in [3.05, 3.63) is 0 Å². The maximum Gasteiger partial charge on any atom is 0.410 e. The molecule has 23 heavy (non-hydrogen) atoms. The predicted octanol–water partition coefficient (Wildman–Crippen LogP) is 4.25. The van der Waals surface area contributed by atoms with E-state index in [1.54, 1.807) is 4.90 Å². The van der Waals surface area contributed by atoms with Crippen LogP contribution in [0.25, 0.3) is 0 Å². The molecule has 1 unspecified atom stereocenters. The highest BCUT2D eigenvalue weighted by molar-refractivity contribution is 9.24. The minimum absolute atomic E-state index is 0.241. The number of hydrogen-bond acceptors (Lipinski definition) is 4. The molecule has 1 atom stereocenters. The molecule has 0 spiro atoms. The Labute approximate surface area is 156 Å². The summed E-state index contributed by atoms with van der Waals surface area (Å²) < 4.78 is 11.0. The molecule has 0 radical (unpaired) electrons. The molecule has 0 saturated carbocycles. The molecule has 1 amide bonds. The van der Waals surface area contributed by atoms with Gasteiger partial charge in [-0.1, -0.05) is 38.8 Å². The van der Waals surface area contributed by atoms with Gasteiger partial charge in [-0.25, -0.2) is 4.79 Å². The van der Waals surface area contributed by atoms with E-state index in [1.165, 1.54) is 0 Å². The van der Waals surface area contributed by atoms with E-state index >= 15 is 0 Å². The Hall–Kier alpha value is 0.150. The number of carbonyl (C=O) groups excluding carboxylic acids is 1. The monoisotopic (exact) mass is 457 g/mol. The van der Waals surface area contributed by atoms with Crippen molar-refractivity contribution in [1.29, 1.82) is 0 Å². The fourth-order valence-electron chi connectivity index (χ4n) is 2.59. The lowest BCUT2D eigenvalue weighted by molar-refractivity contribution is -0.187. The van der Waals surface area contributed by atoms with E-state index in [0.717, 1.165) is 19.3 Å². The lowest BCUT2D eigenvalue weighted by Crippen LogP contribution is -2.48. The number of likely N-dealkylation sites (tertiary alicyclic amines) is 1. The molecule has 0 bridgehead atoms. The van der Waals surface area contributed by atoms with Crippen LogP contribution in [-0.2, 0) is 9.47 Å². The second-order valence-electron chi connectivity index (χ2n) is 7.19. The summed E-state index contributed by atoms with van der Waals surface area (Å²) in [5.74, 6) is 0.277. The molecule has 7 heteroatoms. The number of amides is 1. The first-order valence-electron chi connectivity index (χ1n) is 8.10. The molecule has 1 aliphatic heterocycles. The van der Waals surface area contributed by atoms with E-state index in [-0.39, 0.29) is 15.7 Å². The number of aliphatic hydroxyl groups excluding tert-OH is 1. The van der Waals surface area contributed by atoms with Crippen molar-refractivity contribution in [3.63, 3.8) is 0 Å². The van der Waals surface area contributed by atoms with E-state index in [2.05, 4.69) is 31.9 Å². The molecule has 136 valence electrons. The first kappa shape index (κ1) is 21.2. The van der Waals surface area contributed by atoms with E-state index in [0.29, 0.717) is 13.1 Å². The number of piperidine rings is 1. The second-order valence-corrected chi connectivity index (χ2v) is 10.4. The van der Waals surface area contributed by atoms with Gasteiger partial charge >= 0.3 is 6.09 Å². The molecule has 5 nitrogen and oxygen atoms in total.